The SMILES string of the molecule is [Br-].[CH2]CCCCl.[Zn]. The number of unbranched alkanes of at least 4 members (excludes halogenated alkanes) is 1. The van der Waals surface area contributed by atoms with Crippen molar-refractivity contribution in [3.8, 4) is 0 Å². The molecule has 1 radical (unpaired) electrons. The molecule has 0 atom stereocenters. The van der Waals surface area contributed by atoms with E-state index < -0.39 is 0 Å². The van der Waals surface area contributed by atoms with E-state index in [9.17, 15) is 0 Å². The Morgan fingerprint density at radius 1 is 1.43 bits per heavy atom. The summed E-state index contributed by atoms with van der Waals surface area (Å²) in [5.74, 6) is 0.753. The van der Waals surface area contributed by atoms with Crippen LogP contribution in [0.2, 0.25) is 0 Å². The minimum Gasteiger partial charge on any atom is -1.00 e. The first-order valence-electron chi connectivity index (χ1n) is 1.77. The molecule has 0 saturated carbocycles. The summed E-state index contributed by atoms with van der Waals surface area (Å²) in [4.78, 5) is 0. The zero-order valence-electron chi connectivity index (χ0n) is 4.29. The van der Waals surface area contributed by atoms with Crippen LogP contribution in [-0.2, 0) is 19.5 Å². The van der Waals surface area contributed by atoms with E-state index in [4.69, 9.17) is 11.6 Å². The van der Waals surface area contributed by atoms with Crippen LogP contribution in [0.5, 0.6) is 0 Å². The predicted molar refractivity (Wildman–Crippen MR) is 25.3 cm³/mol. The molecule has 0 aliphatic carbocycles. The van der Waals surface area contributed by atoms with Crippen LogP contribution in [0.3, 0.4) is 0 Å². The van der Waals surface area contributed by atoms with Gasteiger partial charge in [0.15, 0.2) is 0 Å². The number of rotatable bonds is 2. The van der Waals surface area contributed by atoms with Crippen molar-refractivity contribution in [2.45, 2.75) is 12.8 Å². The van der Waals surface area contributed by atoms with Gasteiger partial charge in [-0.25, -0.2) is 0 Å². The van der Waals surface area contributed by atoms with Gasteiger partial charge in [0.05, 0.1) is 0 Å². The fourth-order valence-corrected chi connectivity index (χ4v) is 0.283. The van der Waals surface area contributed by atoms with Crippen LogP contribution in [-0.4, -0.2) is 5.88 Å². The molecule has 41 valence electrons. The van der Waals surface area contributed by atoms with Crippen molar-refractivity contribution in [1.82, 2.24) is 0 Å². The van der Waals surface area contributed by atoms with Gasteiger partial charge in [-0.1, -0.05) is 13.3 Å². The maximum absolute atomic E-state index is 5.26. The van der Waals surface area contributed by atoms with Gasteiger partial charge in [0.25, 0.3) is 0 Å². The molecule has 0 fully saturated rings. The Labute approximate surface area is 73.5 Å². The number of halogens is 2. The van der Waals surface area contributed by atoms with E-state index in [-0.39, 0.29) is 36.5 Å². The molecule has 0 aromatic heterocycles. The summed E-state index contributed by atoms with van der Waals surface area (Å²) in [6, 6.07) is 0. The van der Waals surface area contributed by atoms with Gasteiger partial charge in [0.1, 0.15) is 0 Å². The monoisotopic (exact) mass is 234 g/mol. The van der Waals surface area contributed by atoms with Crippen molar-refractivity contribution in [2.24, 2.45) is 0 Å². The molecule has 0 aromatic carbocycles. The first-order valence-corrected chi connectivity index (χ1v) is 2.30. The second-order valence-corrected chi connectivity index (χ2v) is 1.27. The van der Waals surface area contributed by atoms with Crippen molar-refractivity contribution in [3.05, 3.63) is 6.92 Å². The van der Waals surface area contributed by atoms with Crippen LogP contribution in [0.15, 0.2) is 0 Å². The summed E-state index contributed by atoms with van der Waals surface area (Å²) in [7, 11) is 0. The average Bonchev–Trinajstić information content (AvgIpc) is 1.41. The van der Waals surface area contributed by atoms with Gasteiger partial charge < -0.3 is 17.0 Å². The molecule has 0 unspecified atom stereocenters. The molecule has 0 saturated heterocycles. The van der Waals surface area contributed by atoms with Crippen molar-refractivity contribution < 1.29 is 36.5 Å². The molecule has 0 spiro atoms. The minimum atomic E-state index is 0. The second kappa shape index (κ2) is 15.7. The fourth-order valence-electron chi connectivity index (χ4n) is 0.0945. The van der Waals surface area contributed by atoms with Crippen molar-refractivity contribution in [3.63, 3.8) is 0 Å². The summed E-state index contributed by atoms with van der Waals surface area (Å²) in [6.45, 7) is 3.59. The third-order valence-corrected chi connectivity index (χ3v) is 0.651. The zero-order chi connectivity index (χ0) is 4.12. The summed E-state index contributed by atoms with van der Waals surface area (Å²) in [5, 5.41) is 0. The molecule has 0 rings (SSSR count). The van der Waals surface area contributed by atoms with Crippen LogP contribution in [0.4, 0.5) is 0 Å². The summed E-state index contributed by atoms with van der Waals surface area (Å²) in [6.07, 6.45) is 2.01. The standard InChI is InChI=1S/C4H8Cl.BrH.Zn/c1-2-3-4-5;;/h1-4H2;1H;/p-1. The molecule has 0 aliphatic heterocycles. The van der Waals surface area contributed by atoms with E-state index in [1.54, 1.807) is 0 Å². The summed E-state index contributed by atoms with van der Waals surface area (Å²) < 4.78 is 0. The molecule has 0 aliphatic rings. The molecular weight excluding hydrogens is 229 g/mol. The topological polar surface area (TPSA) is 0 Å². The zero-order valence-corrected chi connectivity index (χ0v) is 9.60. The Morgan fingerprint density at radius 2 is 1.86 bits per heavy atom. The Kier molecular flexibility index (Phi) is 35.3. The first-order chi connectivity index (χ1) is 2.41. The normalized spacial score (nSPS) is 6.00. The largest absolute Gasteiger partial charge is 1.00 e. The molecule has 3 heteroatoms. The summed E-state index contributed by atoms with van der Waals surface area (Å²) in [5.41, 5.74) is 0. The smallest absolute Gasteiger partial charge is 0.0223 e. The molecule has 0 nitrogen and oxygen atoms in total. The molecule has 0 aromatic rings. The van der Waals surface area contributed by atoms with E-state index >= 15 is 0 Å². The van der Waals surface area contributed by atoms with E-state index in [0.29, 0.717) is 0 Å². The molecule has 0 N–H and O–H groups in total. The van der Waals surface area contributed by atoms with E-state index in [2.05, 4.69) is 6.92 Å². The molecule has 0 bridgehead atoms. The van der Waals surface area contributed by atoms with E-state index in [0.717, 1.165) is 18.7 Å². The maximum atomic E-state index is 5.26. The van der Waals surface area contributed by atoms with Crippen LogP contribution < -0.4 is 17.0 Å². The van der Waals surface area contributed by atoms with Gasteiger partial charge in [-0.05, 0) is 6.42 Å². The Bertz CT molecular complexity index is 19.2. The van der Waals surface area contributed by atoms with Gasteiger partial charge in [-0.15, -0.1) is 11.6 Å². The first kappa shape index (κ1) is 15.8. The van der Waals surface area contributed by atoms with Crippen molar-refractivity contribution >= 4 is 11.6 Å². The average molecular weight is 237 g/mol. The van der Waals surface area contributed by atoms with Crippen LogP contribution in [0.25, 0.3) is 0 Å². The Morgan fingerprint density at radius 3 is 1.86 bits per heavy atom. The van der Waals surface area contributed by atoms with Crippen LogP contribution >= 0.6 is 11.6 Å². The third-order valence-electron chi connectivity index (χ3n) is 0.384. The van der Waals surface area contributed by atoms with Crippen LogP contribution in [0, 0.1) is 6.92 Å². The van der Waals surface area contributed by atoms with Gasteiger partial charge >= 0.3 is 0 Å². The van der Waals surface area contributed by atoms with Crippen molar-refractivity contribution in [1.29, 1.82) is 0 Å². The van der Waals surface area contributed by atoms with Gasteiger partial charge in [0, 0.05) is 25.4 Å². The Hall–Kier alpha value is 1.39. The summed E-state index contributed by atoms with van der Waals surface area (Å²) >= 11 is 5.26. The molecule has 0 heterocycles. The maximum Gasteiger partial charge on any atom is 0.0223 e. The van der Waals surface area contributed by atoms with Crippen LogP contribution in [0.1, 0.15) is 12.8 Å². The molecule has 7 heavy (non-hydrogen) atoms. The number of hydrogen-bond acceptors (Lipinski definition) is 0. The second-order valence-electron chi connectivity index (χ2n) is 0.896. The molecular formula is C4H8BrClZn-. The minimum absolute atomic E-state index is 0. The van der Waals surface area contributed by atoms with Gasteiger partial charge in [-0.2, -0.15) is 0 Å². The quantitative estimate of drug-likeness (QED) is 0.419. The predicted octanol–water partition coefficient (Wildman–Crippen LogP) is -1.16. The van der Waals surface area contributed by atoms with E-state index in [1.165, 1.54) is 0 Å². The number of hydrogen-bond donors (Lipinski definition) is 0. The third kappa shape index (κ3) is 18.7. The van der Waals surface area contributed by atoms with E-state index in [1.807, 2.05) is 0 Å². The molecule has 0 amide bonds. The van der Waals surface area contributed by atoms with Gasteiger partial charge in [0.2, 0.25) is 0 Å². The number of alkyl halides is 1. The van der Waals surface area contributed by atoms with Gasteiger partial charge in [-0.3, -0.25) is 0 Å². The Balaban J connectivity index is -0.0000000800. The fraction of sp³-hybridized carbons (Fsp3) is 0.750. The van der Waals surface area contributed by atoms with Crippen molar-refractivity contribution in [2.75, 3.05) is 5.88 Å².